The summed E-state index contributed by atoms with van der Waals surface area (Å²) in [6.07, 6.45) is 2.00. The Balaban J connectivity index is 1.68. The summed E-state index contributed by atoms with van der Waals surface area (Å²) in [4.78, 5) is 39.4. The number of unbranched alkanes of at least 4 members (excludes halogenated alkanes) is 1. The third-order valence-electron chi connectivity index (χ3n) is 5.11. The maximum atomic E-state index is 12.8. The zero-order valence-corrected chi connectivity index (χ0v) is 17.3. The fourth-order valence-electron chi connectivity index (χ4n) is 3.41. The molecule has 1 saturated heterocycles. The van der Waals surface area contributed by atoms with Crippen molar-refractivity contribution in [1.29, 1.82) is 0 Å². The maximum absolute atomic E-state index is 12.8. The highest BCUT2D eigenvalue weighted by Crippen LogP contribution is 2.29. The van der Waals surface area contributed by atoms with Crippen LogP contribution in [0, 0.1) is 5.92 Å². The Kier molecular flexibility index (Phi) is 7.06. The number of benzene rings is 2. The number of carbonyl (C=O) groups is 3. The lowest BCUT2D eigenvalue weighted by molar-refractivity contribution is -0.122. The van der Waals surface area contributed by atoms with Gasteiger partial charge in [0, 0.05) is 31.3 Å². The molecule has 1 aliphatic rings. The predicted molar refractivity (Wildman–Crippen MR) is 116 cm³/mol. The lowest BCUT2D eigenvalue weighted by atomic mass is 10.1. The first kappa shape index (κ1) is 21.4. The van der Waals surface area contributed by atoms with Gasteiger partial charge in [0.05, 0.1) is 24.3 Å². The second-order valence-electron chi connectivity index (χ2n) is 7.25. The van der Waals surface area contributed by atoms with Crippen molar-refractivity contribution in [1.82, 2.24) is 5.32 Å². The minimum Gasteiger partial charge on any atom is -0.497 e. The summed E-state index contributed by atoms with van der Waals surface area (Å²) in [5, 5.41) is 5.70. The summed E-state index contributed by atoms with van der Waals surface area (Å²) in [6, 6.07) is 14.1. The molecule has 3 amide bonds. The van der Waals surface area contributed by atoms with Crippen LogP contribution in [0.1, 0.15) is 36.5 Å². The second kappa shape index (κ2) is 9.91. The van der Waals surface area contributed by atoms with E-state index in [4.69, 9.17) is 4.74 Å². The zero-order valence-electron chi connectivity index (χ0n) is 17.3. The van der Waals surface area contributed by atoms with Crippen LogP contribution >= 0.6 is 0 Å². The summed E-state index contributed by atoms with van der Waals surface area (Å²) in [7, 11) is 1.57. The standard InChI is InChI=1S/C23H27N3O4/c1-3-4-12-24-23(29)19-10-5-6-11-20(19)25-22(28)16-13-21(27)26(15-16)17-8-7-9-18(14-17)30-2/h5-11,14,16H,3-4,12-13,15H2,1-2H3,(H,24,29)(H,25,28)/t16-/m0/s1. The normalized spacial score (nSPS) is 15.7. The number of carbonyl (C=O) groups excluding carboxylic acids is 3. The molecule has 158 valence electrons. The van der Waals surface area contributed by atoms with Gasteiger partial charge in [-0.05, 0) is 30.7 Å². The number of hydrogen-bond acceptors (Lipinski definition) is 4. The van der Waals surface area contributed by atoms with Gasteiger partial charge in [0.1, 0.15) is 5.75 Å². The highest BCUT2D eigenvalue weighted by atomic mass is 16.5. The van der Waals surface area contributed by atoms with E-state index in [0.29, 0.717) is 29.2 Å². The number of ether oxygens (including phenoxy) is 1. The number of amides is 3. The van der Waals surface area contributed by atoms with Gasteiger partial charge in [-0.25, -0.2) is 0 Å². The monoisotopic (exact) mass is 409 g/mol. The second-order valence-corrected chi connectivity index (χ2v) is 7.25. The van der Waals surface area contributed by atoms with E-state index >= 15 is 0 Å². The van der Waals surface area contributed by atoms with Crippen LogP contribution in [0.15, 0.2) is 48.5 Å². The molecular formula is C23H27N3O4. The SMILES string of the molecule is CCCCNC(=O)c1ccccc1NC(=O)[C@H]1CC(=O)N(c2cccc(OC)c2)C1. The molecule has 7 nitrogen and oxygen atoms in total. The van der Waals surface area contributed by atoms with Crippen LogP contribution in [0.5, 0.6) is 5.75 Å². The van der Waals surface area contributed by atoms with Gasteiger partial charge in [0.25, 0.3) is 5.91 Å². The van der Waals surface area contributed by atoms with Crippen molar-refractivity contribution in [2.45, 2.75) is 26.2 Å². The van der Waals surface area contributed by atoms with Crippen molar-refractivity contribution in [3.63, 3.8) is 0 Å². The summed E-state index contributed by atoms with van der Waals surface area (Å²) >= 11 is 0. The fraction of sp³-hybridized carbons (Fsp3) is 0.348. The topological polar surface area (TPSA) is 87.7 Å². The van der Waals surface area contributed by atoms with Crippen LogP contribution in [0.4, 0.5) is 11.4 Å². The smallest absolute Gasteiger partial charge is 0.253 e. The molecule has 1 atom stereocenters. The number of nitrogens with zero attached hydrogens (tertiary/aromatic N) is 1. The van der Waals surface area contributed by atoms with Crippen molar-refractivity contribution in [3.8, 4) is 5.75 Å². The average molecular weight is 409 g/mol. The first-order valence-corrected chi connectivity index (χ1v) is 10.2. The number of rotatable bonds is 8. The molecule has 0 aliphatic carbocycles. The van der Waals surface area contributed by atoms with Gasteiger partial charge in [-0.1, -0.05) is 31.5 Å². The summed E-state index contributed by atoms with van der Waals surface area (Å²) < 4.78 is 5.22. The highest BCUT2D eigenvalue weighted by molar-refractivity contribution is 6.07. The first-order chi connectivity index (χ1) is 14.5. The van der Waals surface area contributed by atoms with Gasteiger partial charge in [0.2, 0.25) is 11.8 Å². The molecule has 30 heavy (non-hydrogen) atoms. The molecule has 0 saturated carbocycles. The lowest BCUT2D eigenvalue weighted by Gasteiger charge is -2.18. The van der Waals surface area contributed by atoms with E-state index in [0.717, 1.165) is 12.8 Å². The fourth-order valence-corrected chi connectivity index (χ4v) is 3.41. The minimum atomic E-state index is -0.500. The Labute approximate surface area is 176 Å². The van der Waals surface area contributed by atoms with Gasteiger partial charge in [-0.2, -0.15) is 0 Å². The molecule has 7 heteroatoms. The zero-order chi connectivity index (χ0) is 21.5. The van der Waals surface area contributed by atoms with Crippen molar-refractivity contribution >= 4 is 29.1 Å². The molecule has 0 spiro atoms. The molecule has 2 N–H and O–H groups in total. The highest BCUT2D eigenvalue weighted by Gasteiger charge is 2.35. The van der Waals surface area contributed by atoms with Crippen molar-refractivity contribution in [2.24, 2.45) is 5.92 Å². The van der Waals surface area contributed by atoms with Crippen molar-refractivity contribution < 1.29 is 19.1 Å². The van der Waals surface area contributed by atoms with Crippen LogP contribution in [0.2, 0.25) is 0 Å². The van der Waals surface area contributed by atoms with E-state index in [1.165, 1.54) is 0 Å². The van der Waals surface area contributed by atoms with Gasteiger partial charge in [-0.15, -0.1) is 0 Å². The molecule has 2 aromatic rings. The quantitative estimate of drug-likeness (QED) is 0.656. The number of nitrogens with one attached hydrogen (secondary N) is 2. The Morgan fingerprint density at radius 3 is 2.73 bits per heavy atom. The van der Waals surface area contributed by atoms with Gasteiger partial charge in [-0.3, -0.25) is 14.4 Å². The number of methoxy groups -OCH3 is 1. The molecule has 0 bridgehead atoms. The van der Waals surface area contributed by atoms with Gasteiger partial charge >= 0.3 is 0 Å². The molecule has 0 radical (unpaired) electrons. The molecule has 3 rings (SSSR count). The van der Waals surface area contributed by atoms with Crippen LogP contribution < -0.4 is 20.3 Å². The van der Waals surface area contributed by atoms with E-state index < -0.39 is 5.92 Å². The van der Waals surface area contributed by atoms with E-state index in [9.17, 15) is 14.4 Å². The van der Waals surface area contributed by atoms with Crippen molar-refractivity contribution in [2.75, 3.05) is 30.4 Å². The molecule has 1 fully saturated rings. The van der Waals surface area contributed by atoms with E-state index in [1.807, 2.05) is 12.1 Å². The molecule has 0 aromatic heterocycles. The maximum Gasteiger partial charge on any atom is 0.253 e. The summed E-state index contributed by atoms with van der Waals surface area (Å²) in [5.74, 6) is -0.465. The Bertz CT molecular complexity index is 928. The number of para-hydroxylation sites is 1. The van der Waals surface area contributed by atoms with E-state index in [-0.39, 0.29) is 30.7 Å². The summed E-state index contributed by atoms with van der Waals surface area (Å²) in [5.41, 5.74) is 1.56. The molecule has 0 unspecified atom stereocenters. The first-order valence-electron chi connectivity index (χ1n) is 10.2. The largest absolute Gasteiger partial charge is 0.497 e. The minimum absolute atomic E-state index is 0.117. The molecular weight excluding hydrogens is 382 g/mol. The van der Waals surface area contributed by atoms with Gasteiger partial charge in [0.15, 0.2) is 0 Å². The number of hydrogen-bond donors (Lipinski definition) is 2. The Hall–Kier alpha value is -3.35. The molecule has 2 aromatic carbocycles. The Morgan fingerprint density at radius 1 is 1.17 bits per heavy atom. The number of anilines is 2. The Morgan fingerprint density at radius 2 is 1.97 bits per heavy atom. The van der Waals surface area contributed by atoms with E-state index in [2.05, 4.69) is 17.6 Å². The van der Waals surface area contributed by atoms with Crippen LogP contribution in [0.3, 0.4) is 0 Å². The van der Waals surface area contributed by atoms with Crippen LogP contribution in [-0.2, 0) is 9.59 Å². The predicted octanol–water partition coefficient (Wildman–Crippen LogP) is 3.22. The molecule has 1 aliphatic heterocycles. The lowest BCUT2D eigenvalue weighted by Crippen LogP contribution is -2.29. The molecule has 1 heterocycles. The van der Waals surface area contributed by atoms with Crippen LogP contribution in [-0.4, -0.2) is 37.9 Å². The third kappa shape index (κ3) is 4.97. The third-order valence-corrected chi connectivity index (χ3v) is 5.11. The van der Waals surface area contributed by atoms with Crippen molar-refractivity contribution in [3.05, 3.63) is 54.1 Å². The average Bonchev–Trinajstić information content (AvgIpc) is 3.16. The summed E-state index contributed by atoms with van der Waals surface area (Å²) in [6.45, 7) is 2.92. The van der Waals surface area contributed by atoms with E-state index in [1.54, 1.807) is 48.4 Å². The van der Waals surface area contributed by atoms with Gasteiger partial charge < -0.3 is 20.3 Å². The van der Waals surface area contributed by atoms with Crippen LogP contribution in [0.25, 0.3) is 0 Å².